The van der Waals surface area contributed by atoms with Crippen molar-refractivity contribution < 1.29 is 64.6 Å². The summed E-state index contributed by atoms with van der Waals surface area (Å²) in [6.45, 7) is -1.59. The van der Waals surface area contributed by atoms with Crippen molar-refractivity contribution in [2.75, 3.05) is 19.8 Å². The lowest BCUT2D eigenvalue weighted by atomic mass is 9.97. The second-order valence-electron chi connectivity index (χ2n) is 11.1. The van der Waals surface area contributed by atoms with Gasteiger partial charge in [0.15, 0.2) is 12.6 Å². The summed E-state index contributed by atoms with van der Waals surface area (Å²) in [6, 6.07) is 13.1. The number of carbonyl (C=O) groups excluding carboxylic acids is 1. The van der Waals surface area contributed by atoms with Crippen molar-refractivity contribution in [1.82, 2.24) is 0 Å². The Balaban J connectivity index is 1.40. The molecule has 0 radical (unpaired) electrons. The Labute approximate surface area is 248 Å². The van der Waals surface area contributed by atoms with Crippen LogP contribution < -0.4 is 0 Å². The highest BCUT2D eigenvalue weighted by molar-refractivity contribution is 5.79. The normalized spacial score (nSPS) is 31.6. The highest BCUT2D eigenvalue weighted by atomic mass is 16.7. The van der Waals surface area contributed by atoms with E-state index < -0.39 is 68.0 Å². The van der Waals surface area contributed by atoms with Crippen molar-refractivity contribution in [3.05, 3.63) is 59.7 Å². The first kappa shape index (κ1) is 33.2. The number of aliphatic hydroxyl groups excluding tert-OH is 5. The molecule has 0 bridgehead atoms. The highest BCUT2D eigenvalue weighted by Crippen LogP contribution is 2.29. The van der Waals surface area contributed by atoms with E-state index in [2.05, 4.69) is 0 Å². The summed E-state index contributed by atoms with van der Waals surface area (Å²) in [5, 5.41) is 80.4. The van der Waals surface area contributed by atoms with E-state index in [9.17, 15) is 45.6 Å². The van der Waals surface area contributed by atoms with Crippen molar-refractivity contribution >= 4 is 5.78 Å². The topological polar surface area (TPSA) is 216 Å². The molecule has 0 amide bonds. The van der Waals surface area contributed by atoms with Gasteiger partial charge in [0.2, 0.25) is 0 Å². The van der Waals surface area contributed by atoms with Crippen molar-refractivity contribution in [3.8, 4) is 11.5 Å². The number of Topliss-reactive ketones (excluding diaryl/α,β-unsaturated/α-hetero) is 1. The summed E-state index contributed by atoms with van der Waals surface area (Å²) in [5.41, 5.74) is -0.183. The first-order valence-electron chi connectivity index (χ1n) is 14.2. The smallest absolute Gasteiger partial charge is 0.186 e. The predicted molar refractivity (Wildman–Crippen MR) is 148 cm³/mol. The van der Waals surface area contributed by atoms with Gasteiger partial charge in [0.25, 0.3) is 0 Å². The van der Waals surface area contributed by atoms with Gasteiger partial charge in [-0.25, -0.2) is 0 Å². The third-order valence-corrected chi connectivity index (χ3v) is 7.78. The number of phenolic OH excluding ortho intramolecular Hbond substituents is 2. The van der Waals surface area contributed by atoms with Crippen LogP contribution in [0.25, 0.3) is 0 Å². The van der Waals surface area contributed by atoms with Gasteiger partial charge >= 0.3 is 0 Å². The second kappa shape index (κ2) is 14.9. The molecule has 0 saturated carbocycles. The Morgan fingerprint density at radius 3 is 2.07 bits per heavy atom. The molecule has 2 fully saturated rings. The molecule has 238 valence electrons. The molecule has 43 heavy (non-hydrogen) atoms. The lowest BCUT2D eigenvalue weighted by molar-refractivity contribution is -0.318. The van der Waals surface area contributed by atoms with Gasteiger partial charge in [-0.15, -0.1) is 0 Å². The first-order valence-corrected chi connectivity index (χ1v) is 14.2. The molecule has 2 aliphatic rings. The minimum Gasteiger partial charge on any atom is -0.508 e. The van der Waals surface area contributed by atoms with E-state index >= 15 is 0 Å². The molecule has 0 aromatic heterocycles. The average molecular weight is 609 g/mol. The number of ether oxygens (including phenoxy) is 4. The zero-order valence-corrected chi connectivity index (χ0v) is 23.5. The maximum Gasteiger partial charge on any atom is 0.186 e. The third-order valence-electron chi connectivity index (χ3n) is 7.78. The average Bonchev–Trinajstić information content (AvgIpc) is 3.29. The largest absolute Gasteiger partial charge is 0.508 e. The number of benzene rings is 2. The third kappa shape index (κ3) is 8.70. The van der Waals surface area contributed by atoms with Crippen LogP contribution in [-0.4, -0.2) is 121 Å². The Hall–Kier alpha value is -2.69. The fourth-order valence-corrected chi connectivity index (χ4v) is 4.99. The molecule has 2 aromatic carbocycles. The van der Waals surface area contributed by atoms with Crippen molar-refractivity contribution in [3.63, 3.8) is 0 Å². The van der Waals surface area contributed by atoms with Crippen molar-refractivity contribution in [2.45, 2.75) is 86.9 Å². The fraction of sp³-hybridized carbons (Fsp3) is 0.567. The van der Waals surface area contributed by atoms with Gasteiger partial charge in [-0.05, 0) is 54.7 Å². The van der Waals surface area contributed by atoms with E-state index in [1.54, 1.807) is 24.3 Å². The Bertz CT molecular complexity index is 1160. The molecule has 8 N–H and O–H groups in total. The molecular weight excluding hydrogens is 568 g/mol. The van der Waals surface area contributed by atoms with Gasteiger partial charge in [-0.1, -0.05) is 24.3 Å². The summed E-state index contributed by atoms with van der Waals surface area (Å²) < 4.78 is 22.4. The number of aryl methyl sites for hydroxylation is 2. The summed E-state index contributed by atoms with van der Waals surface area (Å²) in [7, 11) is 0. The maximum absolute atomic E-state index is 13.0. The molecular formula is C30H40O13. The zero-order valence-electron chi connectivity index (χ0n) is 23.5. The van der Waals surface area contributed by atoms with Crippen LogP contribution in [0.15, 0.2) is 48.5 Å². The lowest BCUT2D eigenvalue weighted by Crippen LogP contribution is -2.60. The maximum atomic E-state index is 13.0. The SMILES string of the molecule is O=C(CCc1ccc(O)cc1)CC(CCc1ccc(O)cc1)O[C@@H]1O[C@H](CO[C@@H]2OC[C@](O)(CO)[C@H]2O)[C@@H](O)[C@H](O)[C@H]1O. The number of carbonyl (C=O) groups is 1. The molecule has 2 heterocycles. The van der Waals surface area contributed by atoms with Crippen LogP contribution in [0.3, 0.4) is 0 Å². The van der Waals surface area contributed by atoms with E-state index in [1.165, 1.54) is 24.3 Å². The van der Waals surface area contributed by atoms with Crippen LogP contribution in [-0.2, 0) is 36.6 Å². The Morgan fingerprint density at radius 2 is 1.49 bits per heavy atom. The van der Waals surface area contributed by atoms with Crippen LogP contribution in [0.5, 0.6) is 11.5 Å². The number of rotatable bonds is 14. The molecule has 2 aromatic rings. The number of hydrogen-bond donors (Lipinski definition) is 8. The minimum atomic E-state index is -1.92. The number of ketones is 1. The lowest BCUT2D eigenvalue weighted by Gasteiger charge is -2.41. The minimum absolute atomic E-state index is 0.0373. The number of aliphatic hydroxyl groups is 6. The molecule has 2 saturated heterocycles. The number of hydrogen-bond acceptors (Lipinski definition) is 13. The molecule has 13 heteroatoms. The fourth-order valence-electron chi connectivity index (χ4n) is 4.99. The summed E-state index contributed by atoms with van der Waals surface area (Å²) >= 11 is 0. The molecule has 9 atom stereocenters. The molecule has 1 unspecified atom stereocenters. The number of aromatic hydroxyl groups is 2. The molecule has 2 aliphatic heterocycles. The van der Waals surface area contributed by atoms with Crippen LogP contribution in [0.1, 0.15) is 30.4 Å². The van der Waals surface area contributed by atoms with Crippen LogP contribution in [0, 0.1) is 0 Å². The molecule has 0 aliphatic carbocycles. The summed E-state index contributed by atoms with van der Waals surface area (Å²) in [4.78, 5) is 13.0. The molecule has 4 rings (SSSR count). The zero-order chi connectivity index (χ0) is 31.1. The predicted octanol–water partition coefficient (Wildman–Crippen LogP) is -0.728. The highest BCUT2D eigenvalue weighted by Gasteiger charge is 2.50. The summed E-state index contributed by atoms with van der Waals surface area (Å²) in [5.74, 6) is 0.105. The van der Waals surface area contributed by atoms with Crippen LogP contribution in [0.4, 0.5) is 0 Å². The van der Waals surface area contributed by atoms with Crippen LogP contribution >= 0.6 is 0 Å². The van der Waals surface area contributed by atoms with Gasteiger partial charge in [-0.2, -0.15) is 0 Å². The van der Waals surface area contributed by atoms with E-state index in [0.717, 1.165) is 11.1 Å². The Morgan fingerprint density at radius 1 is 0.884 bits per heavy atom. The van der Waals surface area contributed by atoms with Gasteiger partial charge in [0, 0.05) is 12.8 Å². The van der Waals surface area contributed by atoms with E-state index in [4.69, 9.17) is 18.9 Å². The quantitative estimate of drug-likeness (QED) is 0.133. The second-order valence-corrected chi connectivity index (χ2v) is 11.1. The van der Waals surface area contributed by atoms with Gasteiger partial charge < -0.3 is 59.8 Å². The van der Waals surface area contributed by atoms with Crippen LogP contribution in [0.2, 0.25) is 0 Å². The first-order chi connectivity index (χ1) is 20.5. The number of phenols is 2. The molecule has 0 spiro atoms. The standard InChI is InChI=1S/C30H40O13/c31-15-30(39)16-41-29(27(30)38)40-14-23-24(35)25(36)26(37)28(43-23)42-22(12-6-18-3-9-20(33)10-4-18)13-21(34)11-5-17-1-7-19(32)8-2-17/h1-4,7-10,22-29,31-33,35-39H,5-6,11-16H2/t22?,23-,24-,25+,26-,27+,28-,29-,30-/m1/s1. The van der Waals surface area contributed by atoms with Crippen molar-refractivity contribution in [2.24, 2.45) is 0 Å². The monoisotopic (exact) mass is 608 g/mol. The Kier molecular flexibility index (Phi) is 11.5. The summed E-state index contributed by atoms with van der Waals surface area (Å²) in [6.07, 6.45) is -9.97. The van der Waals surface area contributed by atoms with Gasteiger partial charge in [0.1, 0.15) is 53.4 Å². The van der Waals surface area contributed by atoms with Crippen molar-refractivity contribution in [1.29, 1.82) is 0 Å². The van der Waals surface area contributed by atoms with E-state index in [0.29, 0.717) is 19.3 Å². The van der Waals surface area contributed by atoms with E-state index in [1.807, 2.05) is 0 Å². The van der Waals surface area contributed by atoms with E-state index in [-0.39, 0.29) is 36.7 Å². The molecule has 13 nitrogen and oxygen atoms in total. The van der Waals surface area contributed by atoms with Gasteiger partial charge in [0.05, 0.1) is 25.9 Å². The van der Waals surface area contributed by atoms with Gasteiger partial charge in [-0.3, -0.25) is 4.79 Å².